The molecule has 0 aromatic heterocycles. The van der Waals surface area contributed by atoms with Crippen molar-refractivity contribution in [3.8, 4) is 0 Å². The molecule has 0 bridgehead atoms. The van der Waals surface area contributed by atoms with E-state index in [0.29, 0.717) is 10.7 Å². The molecular weight excluding hydrogens is 328 g/mol. The number of sulfone groups is 1. The molecule has 0 aliphatic carbocycles. The van der Waals surface area contributed by atoms with Crippen molar-refractivity contribution >= 4 is 39.0 Å². The highest BCUT2D eigenvalue weighted by Crippen LogP contribution is 2.23. The van der Waals surface area contributed by atoms with Crippen LogP contribution in [0.4, 0.5) is 11.4 Å². The van der Waals surface area contributed by atoms with Gasteiger partial charge in [0.2, 0.25) is 0 Å². The predicted octanol–water partition coefficient (Wildman–Crippen LogP) is 3.40. The van der Waals surface area contributed by atoms with Crippen LogP contribution < -0.4 is 0 Å². The van der Waals surface area contributed by atoms with Gasteiger partial charge in [-0.15, -0.1) is 0 Å². The maximum atomic E-state index is 11.5. The smallest absolute Gasteiger partial charge is 0.258 e. The fraction of sp³-hybridized carbons (Fsp3) is 0.0714. The zero-order valence-corrected chi connectivity index (χ0v) is 13.0. The summed E-state index contributed by atoms with van der Waals surface area (Å²) in [5.41, 5.74) is 0.471. The zero-order chi connectivity index (χ0) is 16.3. The van der Waals surface area contributed by atoms with Gasteiger partial charge in [-0.05, 0) is 36.4 Å². The summed E-state index contributed by atoms with van der Waals surface area (Å²) in [6, 6.07) is 10.3. The van der Waals surface area contributed by atoms with E-state index in [4.69, 9.17) is 11.6 Å². The molecule has 0 saturated carbocycles. The summed E-state index contributed by atoms with van der Waals surface area (Å²) >= 11 is 5.76. The SMILES string of the molecule is CS(=O)(=O)c1ccc(C=Nc2ccc(Cl)cc2)c([N+](=O)[O-])c1. The van der Waals surface area contributed by atoms with Crippen LogP contribution in [0, 0.1) is 10.1 Å². The highest BCUT2D eigenvalue weighted by molar-refractivity contribution is 7.90. The van der Waals surface area contributed by atoms with Crippen molar-refractivity contribution in [2.75, 3.05) is 6.26 Å². The maximum Gasteiger partial charge on any atom is 0.279 e. The first-order valence-corrected chi connectivity index (χ1v) is 8.32. The number of halogens is 1. The summed E-state index contributed by atoms with van der Waals surface area (Å²) in [5, 5.41) is 11.6. The second kappa shape index (κ2) is 6.25. The molecule has 0 radical (unpaired) electrons. The zero-order valence-electron chi connectivity index (χ0n) is 11.4. The Bertz CT molecular complexity index is 846. The van der Waals surface area contributed by atoms with E-state index >= 15 is 0 Å². The van der Waals surface area contributed by atoms with Gasteiger partial charge in [0, 0.05) is 23.6 Å². The molecule has 0 amide bonds. The number of nitro groups is 1. The molecule has 2 aromatic carbocycles. The number of benzene rings is 2. The minimum absolute atomic E-state index is 0.108. The van der Waals surface area contributed by atoms with Gasteiger partial charge in [0.25, 0.3) is 5.69 Å². The highest BCUT2D eigenvalue weighted by atomic mass is 35.5. The van der Waals surface area contributed by atoms with Crippen LogP contribution in [-0.2, 0) is 9.84 Å². The standard InChI is InChI=1S/C14H11ClN2O4S/c1-22(20,21)13-7-2-10(14(8-13)17(18)19)9-16-12-5-3-11(15)4-6-12/h2-9H,1H3. The van der Waals surface area contributed by atoms with Crippen molar-refractivity contribution in [1.29, 1.82) is 0 Å². The molecule has 0 fully saturated rings. The summed E-state index contributed by atoms with van der Waals surface area (Å²) in [6.45, 7) is 0. The van der Waals surface area contributed by atoms with E-state index in [2.05, 4.69) is 4.99 Å². The Morgan fingerprint density at radius 1 is 1.18 bits per heavy atom. The van der Waals surface area contributed by atoms with Gasteiger partial charge in [-0.25, -0.2) is 8.42 Å². The monoisotopic (exact) mass is 338 g/mol. The third-order valence-corrected chi connectivity index (χ3v) is 4.17. The van der Waals surface area contributed by atoms with E-state index in [9.17, 15) is 18.5 Å². The average molecular weight is 339 g/mol. The summed E-state index contributed by atoms with van der Waals surface area (Å²) in [4.78, 5) is 14.5. The molecule has 8 heteroatoms. The van der Waals surface area contributed by atoms with Crippen molar-refractivity contribution in [2.45, 2.75) is 4.90 Å². The lowest BCUT2D eigenvalue weighted by molar-refractivity contribution is -0.385. The van der Waals surface area contributed by atoms with Gasteiger partial charge in [-0.2, -0.15) is 0 Å². The minimum Gasteiger partial charge on any atom is -0.258 e. The molecule has 0 aliphatic heterocycles. The molecule has 0 aliphatic rings. The number of hydrogen-bond donors (Lipinski definition) is 0. The predicted molar refractivity (Wildman–Crippen MR) is 84.9 cm³/mol. The highest BCUT2D eigenvalue weighted by Gasteiger charge is 2.17. The Hall–Kier alpha value is -2.25. The Morgan fingerprint density at radius 2 is 1.82 bits per heavy atom. The van der Waals surface area contributed by atoms with E-state index < -0.39 is 14.8 Å². The topological polar surface area (TPSA) is 89.6 Å². The van der Waals surface area contributed by atoms with Crippen LogP contribution in [0.5, 0.6) is 0 Å². The second-order valence-electron chi connectivity index (χ2n) is 4.48. The van der Waals surface area contributed by atoms with Crippen LogP contribution in [-0.4, -0.2) is 25.8 Å². The Morgan fingerprint density at radius 3 is 2.36 bits per heavy atom. The lowest BCUT2D eigenvalue weighted by Crippen LogP contribution is -2.01. The lowest BCUT2D eigenvalue weighted by atomic mass is 10.2. The minimum atomic E-state index is -3.51. The van der Waals surface area contributed by atoms with Crippen molar-refractivity contribution in [3.05, 3.63) is 63.2 Å². The number of nitro benzene ring substituents is 1. The molecule has 6 nitrogen and oxygen atoms in total. The lowest BCUT2D eigenvalue weighted by Gasteiger charge is -2.01. The first-order chi connectivity index (χ1) is 10.3. The first kappa shape index (κ1) is 16.1. The van der Waals surface area contributed by atoms with Gasteiger partial charge in [0.15, 0.2) is 9.84 Å². The second-order valence-corrected chi connectivity index (χ2v) is 6.94. The first-order valence-electron chi connectivity index (χ1n) is 6.05. The number of hydrogen-bond acceptors (Lipinski definition) is 5. The summed E-state index contributed by atoms with van der Waals surface area (Å²) in [6.07, 6.45) is 2.31. The van der Waals surface area contributed by atoms with Crippen molar-refractivity contribution in [3.63, 3.8) is 0 Å². The Kier molecular flexibility index (Phi) is 4.58. The number of nitrogens with zero attached hydrogens (tertiary/aromatic N) is 2. The van der Waals surface area contributed by atoms with E-state index in [-0.39, 0.29) is 16.1 Å². The van der Waals surface area contributed by atoms with Gasteiger partial charge < -0.3 is 0 Å². The summed E-state index contributed by atoms with van der Waals surface area (Å²) in [5.74, 6) is 0. The normalized spacial score (nSPS) is 11.7. The van der Waals surface area contributed by atoms with Gasteiger partial charge in [-0.1, -0.05) is 11.6 Å². The average Bonchev–Trinajstić information content (AvgIpc) is 2.45. The molecule has 0 unspecified atom stereocenters. The fourth-order valence-electron chi connectivity index (χ4n) is 1.69. The van der Waals surface area contributed by atoms with Gasteiger partial charge in [0.05, 0.1) is 21.1 Å². The molecular formula is C14H11ClN2O4S. The molecule has 22 heavy (non-hydrogen) atoms. The van der Waals surface area contributed by atoms with E-state index in [0.717, 1.165) is 12.3 Å². The van der Waals surface area contributed by atoms with Crippen LogP contribution in [0.2, 0.25) is 5.02 Å². The van der Waals surface area contributed by atoms with Crippen LogP contribution in [0.1, 0.15) is 5.56 Å². The molecule has 0 spiro atoms. The molecule has 0 N–H and O–H groups in total. The van der Waals surface area contributed by atoms with Crippen molar-refractivity contribution in [2.24, 2.45) is 4.99 Å². The molecule has 0 heterocycles. The van der Waals surface area contributed by atoms with Crippen molar-refractivity contribution < 1.29 is 13.3 Å². The van der Waals surface area contributed by atoms with Crippen LogP contribution >= 0.6 is 11.6 Å². The third-order valence-electron chi connectivity index (χ3n) is 2.81. The van der Waals surface area contributed by atoms with Gasteiger partial charge >= 0.3 is 0 Å². The number of rotatable bonds is 4. The maximum absolute atomic E-state index is 11.5. The van der Waals surface area contributed by atoms with Gasteiger partial charge in [-0.3, -0.25) is 15.1 Å². The van der Waals surface area contributed by atoms with Crippen LogP contribution in [0.3, 0.4) is 0 Å². The fourth-order valence-corrected chi connectivity index (χ4v) is 2.46. The summed E-state index contributed by atoms with van der Waals surface area (Å²) in [7, 11) is -3.51. The molecule has 2 rings (SSSR count). The van der Waals surface area contributed by atoms with E-state index in [1.807, 2.05) is 0 Å². The third kappa shape index (κ3) is 3.90. The van der Waals surface area contributed by atoms with Crippen LogP contribution in [0.15, 0.2) is 52.4 Å². The number of aliphatic imine (C=N–C) groups is 1. The van der Waals surface area contributed by atoms with Crippen LogP contribution in [0.25, 0.3) is 0 Å². The molecule has 114 valence electrons. The molecule has 0 atom stereocenters. The quantitative estimate of drug-likeness (QED) is 0.485. The largest absolute Gasteiger partial charge is 0.279 e. The van der Waals surface area contributed by atoms with E-state index in [1.54, 1.807) is 24.3 Å². The van der Waals surface area contributed by atoms with Gasteiger partial charge in [0.1, 0.15) is 0 Å². The van der Waals surface area contributed by atoms with E-state index in [1.165, 1.54) is 18.3 Å². The Labute approximate surface area is 132 Å². The summed E-state index contributed by atoms with van der Waals surface area (Å²) < 4.78 is 22.9. The van der Waals surface area contributed by atoms with Crippen molar-refractivity contribution in [1.82, 2.24) is 0 Å². The Balaban J connectivity index is 2.42. The molecule has 2 aromatic rings. The molecule has 0 saturated heterocycles.